The number of hydrogen-bond donors (Lipinski definition) is 1. The number of hydrogen-bond acceptors (Lipinski definition) is 4. The van der Waals surface area contributed by atoms with Crippen LogP contribution in [0.1, 0.15) is 16.1 Å². The van der Waals surface area contributed by atoms with Crippen molar-refractivity contribution in [3.05, 3.63) is 60.1 Å². The molecular weight excluding hydrogens is 294 g/mol. The van der Waals surface area contributed by atoms with Gasteiger partial charge in [0, 0.05) is 13.5 Å². The van der Waals surface area contributed by atoms with E-state index < -0.39 is 11.9 Å². The minimum absolute atomic E-state index is 0.0409. The maximum Gasteiger partial charge on any atom is 0.287 e. The number of nitrogens with zero attached hydrogens (tertiary/aromatic N) is 2. The summed E-state index contributed by atoms with van der Waals surface area (Å²) in [6.45, 7) is -0.0409. The Labute approximate surface area is 134 Å². The van der Waals surface area contributed by atoms with Crippen LogP contribution in [0.4, 0.5) is 0 Å². The molecule has 0 aliphatic carbocycles. The highest BCUT2D eigenvalue weighted by molar-refractivity contribution is 5.95. The van der Waals surface area contributed by atoms with Crippen LogP contribution < -0.4 is 5.32 Å². The predicted octanol–water partition coefficient (Wildman–Crippen LogP) is 1.60. The Kier molecular flexibility index (Phi) is 5.53. The third kappa shape index (κ3) is 4.45. The molecule has 118 valence electrons. The first-order chi connectivity index (χ1) is 11.1. The minimum atomic E-state index is -0.770. The van der Waals surface area contributed by atoms with Gasteiger partial charge in [0.15, 0.2) is 5.76 Å². The molecule has 0 bridgehead atoms. The number of carbonyl (C=O) groups excluding carboxylic acids is 2. The smallest absolute Gasteiger partial charge is 0.287 e. The van der Waals surface area contributed by atoms with Crippen molar-refractivity contribution in [1.82, 2.24) is 10.2 Å². The fraction of sp³-hybridized carbons (Fsp3) is 0.235. The molecule has 0 radical (unpaired) electrons. The van der Waals surface area contributed by atoms with Crippen molar-refractivity contribution >= 4 is 11.8 Å². The lowest BCUT2D eigenvalue weighted by atomic mass is 10.0. The normalized spacial score (nSPS) is 11.3. The first-order valence-electron chi connectivity index (χ1n) is 7.12. The summed E-state index contributed by atoms with van der Waals surface area (Å²) >= 11 is 0. The Morgan fingerprint density at radius 3 is 2.61 bits per heavy atom. The third-order valence-electron chi connectivity index (χ3n) is 3.32. The van der Waals surface area contributed by atoms with Crippen LogP contribution in [-0.4, -0.2) is 36.3 Å². The zero-order valence-corrected chi connectivity index (χ0v) is 12.7. The number of benzene rings is 1. The summed E-state index contributed by atoms with van der Waals surface area (Å²) < 4.78 is 5.04. The van der Waals surface area contributed by atoms with Gasteiger partial charge < -0.3 is 14.6 Å². The van der Waals surface area contributed by atoms with Gasteiger partial charge in [-0.2, -0.15) is 5.26 Å². The standard InChI is InChI=1S/C17H17N3O3/c1-20(10-9-18)17(22)14(12-13-6-3-2-4-7-13)19-16(21)15-8-5-11-23-15/h2-8,11,14H,10,12H2,1H3,(H,19,21)/t14-/m0/s1. The number of nitriles is 1. The first-order valence-corrected chi connectivity index (χ1v) is 7.12. The average molecular weight is 311 g/mol. The van der Waals surface area contributed by atoms with Gasteiger partial charge in [0.1, 0.15) is 12.6 Å². The van der Waals surface area contributed by atoms with Crippen LogP contribution in [0.5, 0.6) is 0 Å². The van der Waals surface area contributed by atoms with E-state index in [9.17, 15) is 9.59 Å². The van der Waals surface area contributed by atoms with Crippen LogP contribution >= 0.6 is 0 Å². The lowest BCUT2D eigenvalue weighted by Crippen LogP contribution is -2.48. The highest BCUT2D eigenvalue weighted by Crippen LogP contribution is 2.07. The van der Waals surface area contributed by atoms with Crippen molar-refractivity contribution in [3.8, 4) is 6.07 Å². The molecule has 0 unspecified atom stereocenters. The van der Waals surface area contributed by atoms with Crippen LogP contribution in [0.3, 0.4) is 0 Å². The lowest BCUT2D eigenvalue weighted by molar-refractivity contribution is -0.131. The van der Waals surface area contributed by atoms with E-state index in [1.165, 1.54) is 24.3 Å². The quantitative estimate of drug-likeness (QED) is 0.821. The second-order valence-corrected chi connectivity index (χ2v) is 5.05. The van der Waals surface area contributed by atoms with E-state index in [1.807, 2.05) is 36.4 Å². The Morgan fingerprint density at radius 2 is 2.00 bits per heavy atom. The number of carbonyl (C=O) groups is 2. The third-order valence-corrected chi connectivity index (χ3v) is 3.32. The number of amides is 2. The number of rotatable bonds is 6. The van der Waals surface area contributed by atoms with Gasteiger partial charge in [-0.25, -0.2) is 0 Å². The molecule has 0 saturated carbocycles. The van der Waals surface area contributed by atoms with E-state index in [-0.39, 0.29) is 18.2 Å². The molecule has 23 heavy (non-hydrogen) atoms. The lowest BCUT2D eigenvalue weighted by Gasteiger charge is -2.22. The molecule has 0 aliphatic rings. The Balaban J connectivity index is 2.15. The highest BCUT2D eigenvalue weighted by Gasteiger charge is 2.25. The summed E-state index contributed by atoms with van der Waals surface area (Å²) in [4.78, 5) is 25.9. The monoisotopic (exact) mass is 311 g/mol. The van der Waals surface area contributed by atoms with Crippen molar-refractivity contribution in [2.24, 2.45) is 0 Å². The van der Waals surface area contributed by atoms with Crippen LogP contribution in [0, 0.1) is 11.3 Å². The Bertz CT molecular complexity index is 690. The highest BCUT2D eigenvalue weighted by atomic mass is 16.3. The molecule has 2 rings (SSSR count). The molecular formula is C17H17N3O3. The maximum absolute atomic E-state index is 12.5. The van der Waals surface area contributed by atoms with Gasteiger partial charge in [-0.05, 0) is 17.7 Å². The number of likely N-dealkylation sites (N-methyl/N-ethyl adjacent to an activating group) is 1. The molecule has 0 fully saturated rings. The van der Waals surface area contributed by atoms with Crippen molar-refractivity contribution in [1.29, 1.82) is 5.26 Å². The SMILES string of the molecule is CN(CC#N)C(=O)[C@H](Cc1ccccc1)NC(=O)c1ccco1. The summed E-state index contributed by atoms with van der Waals surface area (Å²) in [7, 11) is 1.53. The molecule has 1 N–H and O–H groups in total. The molecule has 1 heterocycles. The topological polar surface area (TPSA) is 86.3 Å². The molecule has 0 spiro atoms. The molecule has 1 aromatic carbocycles. The van der Waals surface area contributed by atoms with E-state index in [1.54, 1.807) is 6.07 Å². The van der Waals surface area contributed by atoms with Crippen LogP contribution in [-0.2, 0) is 11.2 Å². The molecule has 0 aliphatic heterocycles. The maximum atomic E-state index is 12.5. The fourth-order valence-electron chi connectivity index (χ4n) is 2.14. The molecule has 1 aromatic heterocycles. The van der Waals surface area contributed by atoms with E-state index in [2.05, 4.69) is 5.32 Å². The summed E-state index contributed by atoms with van der Waals surface area (Å²) in [5.74, 6) is -0.649. The van der Waals surface area contributed by atoms with Gasteiger partial charge in [-0.1, -0.05) is 30.3 Å². The zero-order chi connectivity index (χ0) is 16.7. The molecule has 6 heteroatoms. The molecule has 6 nitrogen and oxygen atoms in total. The second-order valence-electron chi connectivity index (χ2n) is 5.05. The average Bonchev–Trinajstić information content (AvgIpc) is 3.09. The van der Waals surface area contributed by atoms with E-state index in [0.29, 0.717) is 6.42 Å². The van der Waals surface area contributed by atoms with Gasteiger partial charge in [-0.3, -0.25) is 9.59 Å². The Hall–Kier alpha value is -3.07. The summed E-state index contributed by atoms with van der Waals surface area (Å²) in [6.07, 6.45) is 1.73. The van der Waals surface area contributed by atoms with Crippen molar-refractivity contribution in [2.75, 3.05) is 13.6 Å². The van der Waals surface area contributed by atoms with E-state index in [4.69, 9.17) is 9.68 Å². The first kappa shape index (κ1) is 16.3. The zero-order valence-electron chi connectivity index (χ0n) is 12.7. The molecule has 2 aromatic rings. The van der Waals surface area contributed by atoms with Gasteiger partial charge in [0.25, 0.3) is 5.91 Å². The van der Waals surface area contributed by atoms with Crippen LogP contribution in [0.15, 0.2) is 53.1 Å². The van der Waals surface area contributed by atoms with Crippen molar-refractivity contribution < 1.29 is 14.0 Å². The van der Waals surface area contributed by atoms with E-state index in [0.717, 1.165) is 5.56 Å². The van der Waals surface area contributed by atoms with Crippen molar-refractivity contribution in [2.45, 2.75) is 12.5 Å². The minimum Gasteiger partial charge on any atom is -0.459 e. The van der Waals surface area contributed by atoms with Gasteiger partial charge in [-0.15, -0.1) is 0 Å². The Morgan fingerprint density at radius 1 is 1.26 bits per heavy atom. The second kappa shape index (κ2) is 7.80. The van der Waals surface area contributed by atoms with Crippen LogP contribution in [0.2, 0.25) is 0 Å². The number of furan rings is 1. The summed E-state index contributed by atoms with van der Waals surface area (Å²) in [5.41, 5.74) is 0.913. The largest absolute Gasteiger partial charge is 0.459 e. The summed E-state index contributed by atoms with van der Waals surface area (Å²) in [6, 6.07) is 13.6. The predicted molar refractivity (Wildman–Crippen MR) is 83.4 cm³/mol. The molecule has 1 atom stereocenters. The molecule has 0 saturated heterocycles. The van der Waals surface area contributed by atoms with Crippen LogP contribution in [0.25, 0.3) is 0 Å². The van der Waals surface area contributed by atoms with Gasteiger partial charge >= 0.3 is 0 Å². The summed E-state index contributed by atoms with van der Waals surface area (Å²) in [5, 5.41) is 11.4. The number of nitrogens with one attached hydrogen (secondary N) is 1. The van der Waals surface area contributed by atoms with Gasteiger partial charge in [0.2, 0.25) is 5.91 Å². The molecule has 2 amide bonds. The fourth-order valence-corrected chi connectivity index (χ4v) is 2.14. The van der Waals surface area contributed by atoms with Gasteiger partial charge in [0.05, 0.1) is 12.3 Å². The van der Waals surface area contributed by atoms with E-state index >= 15 is 0 Å². The van der Waals surface area contributed by atoms with Crippen molar-refractivity contribution in [3.63, 3.8) is 0 Å².